The molecule has 76 valence electrons. The molecule has 0 aliphatic heterocycles. The largest absolute Gasteiger partial charge is 0.297 e. The average molecular weight is 509 g/mol. The highest BCUT2D eigenvalue weighted by molar-refractivity contribution is 14.1. The van der Waals surface area contributed by atoms with Gasteiger partial charge in [-0.3, -0.25) is 4.90 Å². The van der Waals surface area contributed by atoms with Crippen LogP contribution in [0.1, 0.15) is 20.8 Å². The zero-order valence-corrected chi connectivity index (χ0v) is 14.6. The Hall–Kier alpha value is 2.15. The van der Waals surface area contributed by atoms with Crippen LogP contribution < -0.4 is 0 Å². The van der Waals surface area contributed by atoms with Crippen molar-refractivity contribution in [3.8, 4) is 0 Å². The molecular weight excluding hydrogens is 491 g/mol. The summed E-state index contributed by atoms with van der Waals surface area (Å²) in [4.78, 5) is 2.53. The molecule has 0 amide bonds. The minimum Gasteiger partial charge on any atom is -0.297 e. The van der Waals surface area contributed by atoms with Crippen molar-refractivity contribution in [2.45, 2.75) is 26.3 Å². The van der Waals surface area contributed by atoms with E-state index in [0.717, 1.165) is 0 Å². The standard InChI is InChI=1S/C8H17I2N.HI/c1-8(2,3)11(6-4-9)7-5-10;/h4-7H2,1-3H3;1H. The Morgan fingerprint density at radius 2 is 1.33 bits per heavy atom. The Kier molecular flexibility index (Phi) is 11.7. The van der Waals surface area contributed by atoms with Crippen LogP contribution in [-0.4, -0.2) is 32.4 Å². The molecule has 0 saturated carbocycles. The lowest BCUT2D eigenvalue weighted by molar-refractivity contribution is 0.159. The number of hydrogen-bond donors (Lipinski definition) is 0. The monoisotopic (exact) mass is 509 g/mol. The van der Waals surface area contributed by atoms with Crippen molar-refractivity contribution in [3.05, 3.63) is 0 Å². The van der Waals surface area contributed by atoms with E-state index in [9.17, 15) is 0 Å². The average Bonchev–Trinajstić information content (AvgIpc) is 1.85. The molecule has 0 spiro atoms. The lowest BCUT2D eigenvalue weighted by Gasteiger charge is -2.34. The highest BCUT2D eigenvalue weighted by Crippen LogP contribution is 2.13. The van der Waals surface area contributed by atoms with Gasteiger partial charge in [-0.1, -0.05) is 45.2 Å². The van der Waals surface area contributed by atoms with Crippen LogP contribution in [0.3, 0.4) is 0 Å². The van der Waals surface area contributed by atoms with Crippen molar-refractivity contribution in [3.63, 3.8) is 0 Å². The Morgan fingerprint density at radius 3 is 1.50 bits per heavy atom. The first-order chi connectivity index (χ1) is 5.02. The van der Waals surface area contributed by atoms with Crippen LogP contribution in [0.5, 0.6) is 0 Å². The maximum Gasteiger partial charge on any atom is 0.0125 e. The molecule has 0 aromatic rings. The van der Waals surface area contributed by atoms with Crippen LogP contribution in [0.15, 0.2) is 0 Å². The fraction of sp³-hybridized carbons (Fsp3) is 1.00. The van der Waals surface area contributed by atoms with E-state index in [-0.39, 0.29) is 24.0 Å². The molecule has 0 aromatic heterocycles. The second kappa shape index (κ2) is 8.46. The van der Waals surface area contributed by atoms with Crippen LogP contribution in [0.4, 0.5) is 0 Å². The molecule has 12 heavy (non-hydrogen) atoms. The van der Waals surface area contributed by atoms with Gasteiger partial charge < -0.3 is 0 Å². The molecule has 0 N–H and O–H groups in total. The molecule has 1 nitrogen and oxygen atoms in total. The Balaban J connectivity index is 0. The summed E-state index contributed by atoms with van der Waals surface area (Å²) in [5, 5.41) is 0. The lowest BCUT2D eigenvalue weighted by atomic mass is 10.1. The summed E-state index contributed by atoms with van der Waals surface area (Å²) < 4.78 is 2.46. The molecule has 0 bridgehead atoms. The number of nitrogens with zero attached hydrogens (tertiary/aromatic N) is 1. The normalized spacial score (nSPS) is 11.5. The molecule has 0 unspecified atom stereocenters. The number of halogens is 3. The SMILES string of the molecule is CC(C)(C)N(CCI)CCI.I. The first kappa shape index (κ1) is 16.6. The van der Waals surface area contributed by atoms with E-state index in [1.807, 2.05) is 0 Å². The van der Waals surface area contributed by atoms with Gasteiger partial charge in [-0.25, -0.2) is 0 Å². The van der Waals surface area contributed by atoms with Gasteiger partial charge in [-0.15, -0.1) is 24.0 Å². The van der Waals surface area contributed by atoms with Crippen LogP contribution in [0.25, 0.3) is 0 Å². The van der Waals surface area contributed by atoms with Crippen LogP contribution in [0.2, 0.25) is 0 Å². The van der Waals surface area contributed by atoms with Crippen molar-refractivity contribution >= 4 is 69.2 Å². The second-order valence-electron chi connectivity index (χ2n) is 3.54. The van der Waals surface area contributed by atoms with Crippen molar-refractivity contribution < 1.29 is 0 Å². The zero-order chi connectivity index (χ0) is 8.91. The van der Waals surface area contributed by atoms with Crippen molar-refractivity contribution in [2.75, 3.05) is 21.9 Å². The molecule has 0 aliphatic rings. The summed E-state index contributed by atoms with van der Waals surface area (Å²) in [7, 11) is 0. The third-order valence-electron chi connectivity index (χ3n) is 1.66. The minimum atomic E-state index is 0. The summed E-state index contributed by atoms with van der Waals surface area (Å²) in [6.07, 6.45) is 0. The predicted molar refractivity (Wildman–Crippen MR) is 84.5 cm³/mol. The molecule has 4 heteroatoms. The molecule has 0 saturated heterocycles. The number of rotatable bonds is 4. The molecular formula is C8H18I3N. The van der Waals surface area contributed by atoms with E-state index in [0.29, 0.717) is 5.54 Å². The maximum atomic E-state index is 2.53. The molecule has 0 radical (unpaired) electrons. The fourth-order valence-corrected chi connectivity index (χ4v) is 2.15. The van der Waals surface area contributed by atoms with E-state index < -0.39 is 0 Å². The number of alkyl halides is 2. The molecule has 0 aromatic carbocycles. The first-order valence-corrected chi connectivity index (χ1v) is 6.94. The Morgan fingerprint density at radius 1 is 1.00 bits per heavy atom. The van der Waals surface area contributed by atoms with Gasteiger partial charge in [0.2, 0.25) is 0 Å². The topological polar surface area (TPSA) is 3.24 Å². The van der Waals surface area contributed by atoms with Gasteiger partial charge in [-0.05, 0) is 20.8 Å². The predicted octanol–water partition coefficient (Wildman–Crippen LogP) is 3.57. The number of hydrogen-bond acceptors (Lipinski definition) is 1. The maximum absolute atomic E-state index is 2.53. The highest BCUT2D eigenvalue weighted by Gasteiger charge is 2.18. The van der Waals surface area contributed by atoms with Crippen LogP contribution in [0, 0.1) is 0 Å². The van der Waals surface area contributed by atoms with Gasteiger partial charge in [0.15, 0.2) is 0 Å². The van der Waals surface area contributed by atoms with Crippen LogP contribution >= 0.6 is 69.2 Å². The summed E-state index contributed by atoms with van der Waals surface area (Å²) in [5.41, 5.74) is 0.344. The van der Waals surface area contributed by atoms with E-state index in [4.69, 9.17) is 0 Å². The third kappa shape index (κ3) is 7.54. The van der Waals surface area contributed by atoms with Gasteiger partial charge >= 0.3 is 0 Å². The van der Waals surface area contributed by atoms with Gasteiger partial charge in [-0.2, -0.15) is 0 Å². The third-order valence-corrected chi connectivity index (χ3v) is 2.62. The quantitative estimate of drug-likeness (QED) is 0.414. The minimum absolute atomic E-state index is 0. The van der Waals surface area contributed by atoms with Gasteiger partial charge in [0, 0.05) is 27.5 Å². The molecule has 0 aliphatic carbocycles. The molecule has 0 heterocycles. The fourth-order valence-electron chi connectivity index (χ4n) is 0.987. The highest BCUT2D eigenvalue weighted by atomic mass is 127. The smallest absolute Gasteiger partial charge is 0.0125 e. The molecule has 0 fully saturated rings. The van der Waals surface area contributed by atoms with Crippen molar-refractivity contribution in [1.82, 2.24) is 4.90 Å². The van der Waals surface area contributed by atoms with Crippen molar-refractivity contribution in [2.24, 2.45) is 0 Å². The van der Waals surface area contributed by atoms with E-state index in [1.165, 1.54) is 21.9 Å². The van der Waals surface area contributed by atoms with Gasteiger partial charge in [0.1, 0.15) is 0 Å². The molecule has 0 atom stereocenters. The van der Waals surface area contributed by atoms with Gasteiger partial charge in [0.05, 0.1) is 0 Å². The summed E-state index contributed by atoms with van der Waals surface area (Å²) in [5.74, 6) is 0. The van der Waals surface area contributed by atoms with Crippen LogP contribution in [-0.2, 0) is 0 Å². The Bertz CT molecular complexity index is 95.0. The second-order valence-corrected chi connectivity index (χ2v) is 5.69. The van der Waals surface area contributed by atoms with E-state index in [2.05, 4.69) is 70.9 Å². The van der Waals surface area contributed by atoms with E-state index in [1.54, 1.807) is 0 Å². The van der Waals surface area contributed by atoms with E-state index >= 15 is 0 Å². The lowest BCUT2D eigenvalue weighted by Crippen LogP contribution is -2.43. The van der Waals surface area contributed by atoms with Gasteiger partial charge in [0.25, 0.3) is 0 Å². The molecule has 0 rings (SSSR count). The Labute approximate surface area is 121 Å². The summed E-state index contributed by atoms with van der Waals surface area (Å²) in [6.45, 7) is 9.28. The zero-order valence-electron chi connectivity index (χ0n) is 7.94. The van der Waals surface area contributed by atoms with Crippen molar-refractivity contribution in [1.29, 1.82) is 0 Å². The summed E-state index contributed by atoms with van der Waals surface area (Å²) >= 11 is 4.88. The first-order valence-electron chi connectivity index (χ1n) is 3.89. The summed E-state index contributed by atoms with van der Waals surface area (Å²) in [6, 6.07) is 0.